The van der Waals surface area contributed by atoms with Crippen molar-refractivity contribution in [1.29, 1.82) is 0 Å². The maximum absolute atomic E-state index is 5.87. The van der Waals surface area contributed by atoms with Gasteiger partial charge in [0, 0.05) is 19.5 Å². The molecule has 0 saturated carbocycles. The molecule has 5 heteroatoms. The van der Waals surface area contributed by atoms with Gasteiger partial charge in [0.15, 0.2) is 0 Å². The number of benzene rings is 1. The maximum Gasteiger partial charge on any atom is 0.119 e. The van der Waals surface area contributed by atoms with Crippen LogP contribution < -0.4 is 10.1 Å². The second-order valence-corrected chi connectivity index (χ2v) is 5.85. The molecule has 0 aliphatic heterocycles. The maximum atomic E-state index is 5.87. The fraction of sp³-hybridized carbons (Fsp3) is 0.438. The van der Waals surface area contributed by atoms with Gasteiger partial charge in [-0.25, -0.2) is 0 Å². The first-order valence-corrected chi connectivity index (χ1v) is 8.00. The standard InChI is InChI=1S/C16H22BrN3O/c1-4-18-13(11-21-14-8-6-5-7-9-14)10-15-16(17)12(2)19-20(15)3/h5-9,13,18H,4,10-11H2,1-3H3. The lowest BCUT2D eigenvalue weighted by Gasteiger charge is -2.19. The van der Waals surface area contributed by atoms with Crippen LogP contribution in [0.5, 0.6) is 5.75 Å². The number of aryl methyl sites for hydroxylation is 2. The van der Waals surface area contributed by atoms with Gasteiger partial charge in [-0.05, 0) is 41.5 Å². The van der Waals surface area contributed by atoms with E-state index in [4.69, 9.17) is 4.74 Å². The van der Waals surface area contributed by atoms with Crippen LogP contribution in [-0.2, 0) is 13.5 Å². The number of likely N-dealkylation sites (N-methyl/N-ethyl adjacent to an activating group) is 1. The van der Waals surface area contributed by atoms with Crippen molar-refractivity contribution >= 4 is 15.9 Å². The summed E-state index contributed by atoms with van der Waals surface area (Å²) >= 11 is 3.62. The molecule has 21 heavy (non-hydrogen) atoms. The predicted molar refractivity (Wildman–Crippen MR) is 88.8 cm³/mol. The van der Waals surface area contributed by atoms with Crippen LogP contribution in [0.1, 0.15) is 18.3 Å². The van der Waals surface area contributed by atoms with Crippen LogP contribution in [0.2, 0.25) is 0 Å². The van der Waals surface area contributed by atoms with Crippen molar-refractivity contribution in [3.8, 4) is 5.75 Å². The van der Waals surface area contributed by atoms with E-state index >= 15 is 0 Å². The zero-order valence-electron chi connectivity index (χ0n) is 12.8. The number of hydrogen-bond donors (Lipinski definition) is 1. The predicted octanol–water partition coefficient (Wildman–Crippen LogP) is 3.09. The van der Waals surface area contributed by atoms with Gasteiger partial charge < -0.3 is 10.1 Å². The lowest BCUT2D eigenvalue weighted by Crippen LogP contribution is -2.37. The number of rotatable bonds is 7. The quantitative estimate of drug-likeness (QED) is 0.832. The molecule has 2 rings (SSSR count). The Morgan fingerprint density at radius 3 is 2.62 bits per heavy atom. The van der Waals surface area contributed by atoms with Crippen molar-refractivity contribution < 1.29 is 4.74 Å². The average molecular weight is 352 g/mol. The molecule has 0 amide bonds. The van der Waals surface area contributed by atoms with E-state index in [1.807, 2.05) is 49.0 Å². The highest BCUT2D eigenvalue weighted by Crippen LogP contribution is 2.21. The topological polar surface area (TPSA) is 39.1 Å². The van der Waals surface area contributed by atoms with Gasteiger partial charge in [0.1, 0.15) is 12.4 Å². The van der Waals surface area contributed by atoms with Crippen LogP contribution in [0, 0.1) is 6.92 Å². The summed E-state index contributed by atoms with van der Waals surface area (Å²) < 4.78 is 8.90. The van der Waals surface area contributed by atoms with E-state index in [1.165, 1.54) is 5.69 Å². The molecule has 1 atom stereocenters. The van der Waals surface area contributed by atoms with Gasteiger partial charge in [0.2, 0.25) is 0 Å². The summed E-state index contributed by atoms with van der Waals surface area (Å²) in [5, 5.41) is 7.92. The molecular weight excluding hydrogens is 330 g/mol. The van der Waals surface area contributed by atoms with Crippen LogP contribution in [0.4, 0.5) is 0 Å². The smallest absolute Gasteiger partial charge is 0.119 e. The summed E-state index contributed by atoms with van der Waals surface area (Å²) in [6.07, 6.45) is 0.874. The van der Waals surface area contributed by atoms with Gasteiger partial charge >= 0.3 is 0 Å². The number of aromatic nitrogens is 2. The molecule has 0 aliphatic carbocycles. The summed E-state index contributed by atoms with van der Waals surface area (Å²) in [5.74, 6) is 0.903. The largest absolute Gasteiger partial charge is 0.492 e. The van der Waals surface area contributed by atoms with Crippen LogP contribution in [0.25, 0.3) is 0 Å². The number of nitrogens with one attached hydrogen (secondary N) is 1. The van der Waals surface area contributed by atoms with Crippen LogP contribution in [-0.4, -0.2) is 29.0 Å². The van der Waals surface area contributed by atoms with Crippen molar-refractivity contribution in [2.24, 2.45) is 7.05 Å². The lowest BCUT2D eigenvalue weighted by atomic mass is 10.1. The minimum atomic E-state index is 0.251. The highest BCUT2D eigenvalue weighted by atomic mass is 79.9. The Kier molecular flexibility index (Phi) is 5.82. The average Bonchev–Trinajstić information content (AvgIpc) is 2.72. The Hall–Kier alpha value is -1.33. The molecule has 1 unspecified atom stereocenters. The summed E-state index contributed by atoms with van der Waals surface area (Å²) in [4.78, 5) is 0. The molecule has 0 spiro atoms. The summed E-state index contributed by atoms with van der Waals surface area (Å²) in [6, 6.07) is 10.2. The van der Waals surface area contributed by atoms with Crippen molar-refractivity contribution in [1.82, 2.24) is 15.1 Å². The summed E-state index contributed by atoms with van der Waals surface area (Å²) in [7, 11) is 1.98. The molecule has 0 bridgehead atoms. The Bertz CT molecular complexity index is 568. The van der Waals surface area contributed by atoms with Crippen LogP contribution >= 0.6 is 15.9 Å². The third-order valence-electron chi connectivity index (χ3n) is 3.39. The van der Waals surface area contributed by atoms with Gasteiger partial charge in [-0.3, -0.25) is 4.68 Å². The highest BCUT2D eigenvalue weighted by Gasteiger charge is 2.16. The molecular formula is C16H22BrN3O. The Balaban J connectivity index is 2.02. The summed E-state index contributed by atoms with van der Waals surface area (Å²) in [6.45, 7) is 5.67. The fourth-order valence-electron chi connectivity index (χ4n) is 2.33. The van der Waals surface area contributed by atoms with E-state index in [1.54, 1.807) is 0 Å². The molecule has 1 heterocycles. The van der Waals surface area contributed by atoms with E-state index in [9.17, 15) is 0 Å². The third kappa shape index (κ3) is 4.32. The molecule has 2 aromatic rings. The number of halogens is 1. The zero-order valence-corrected chi connectivity index (χ0v) is 14.4. The number of hydrogen-bond acceptors (Lipinski definition) is 3. The Morgan fingerprint density at radius 2 is 2.05 bits per heavy atom. The Morgan fingerprint density at radius 1 is 1.33 bits per heavy atom. The minimum Gasteiger partial charge on any atom is -0.492 e. The molecule has 1 aromatic heterocycles. The molecule has 0 fully saturated rings. The van der Waals surface area contributed by atoms with E-state index in [-0.39, 0.29) is 6.04 Å². The van der Waals surface area contributed by atoms with E-state index in [0.29, 0.717) is 6.61 Å². The molecule has 0 radical (unpaired) electrons. The van der Waals surface area contributed by atoms with Gasteiger partial charge in [-0.2, -0.15) is 5.10 Å². The number of nitrogens with zero attached hydrogens (tertiary/aromatic N) is 2. The lowest BCUT2D eigenvalue weighted by molar-refractivity contribution is 0.263. The van der Waals surface area contributed by atoms with E-state index < -0.39 is 0 Å². The minimum absolute atomic E-state index is 0.251. The van der Waals surface area contributed by atoms with Crippen LogP contribution in [0.15, 0.2) is 34.8 Å². The molecule has 1 N–H and O–H groups in total. The van der Waals surface area contributed by atoms with Gasteiger partial charge in [-0.15, -0.1) is 0 Å². The molecule has 0 saturated heterocycles. The third-order valence-corrected chi connectivity index (χ3v) is 4.42. The fourth-order valence-corrected chi connectivity index (χ4v) is 2.83. The second kappa shape index (κ2) is 7.61. The van der Waals surface area contributed by atoms with Gasteiger partial charge in [-0.1, -0.05) is 25.1 Å². The molecule has 1 aromatic carbocycles. The summed E-state index contributed by atoms with van der Waals surface area (Å²) in [5.41, 5.74) is 2.21. The van der Waals surface area contributed by atoms with Gasteiger partial charge in [0.05, 0.1) is 15.9 Å². The molecule has 4 nitrogen and oxygen atoms in total. The first-order chi connectivity index (χ1) is 10.1. The van der Waals surface area contributed by atoms with Gasteiger partial charge in [0.25, 0.3) is 0 Å². The SMILES string of the molecule is CCNC(COc1ccccc1)Cc1c(Br)c(C)nn1C. The van der Waals surface area contributed by atoms with Crippen molar-refractivity contribution in [3.63, 3.8) is 0 Å². The van der Waals surface area contributed by atoms with E-state index in [0.717, 1.165) is 28.9 Å². The molecule has 114 valence electrons. The van der Waals surface area contributed by atoms with E-state index in [2.05, 4.69) is 33.3 Å². The Labute approximate surface area is 134 Å². The zero-order chi connectivity index (χ0) is 15.2. The number of ether oxygens (including phenoxy) is 1. The van der Waals surface area contributed by atoms with Crippen molar-refractivity contribution in [2.75, 3.05) is 13.2 Å². The monoisotopic (exact) mass is 351 g/mol. The molecule has 0 aliphatic rings. The first kappa shape index (κ1) is 16.0. The number of para-hydroxylation sites is 1. The van der Waals surface area contributed by atoms with Crippen molar-refractivity contribution in [3.05, 3.63) is 46.2 Å². The first-order valence-electron chi connectivity index (χ1n) is 7.21. The van der Waals surface area contributed by atoms with Crippen molar-refractivity contribution in [2.45, 2.75) is 26.3 Å². The highest BCUT2D eigenvalue weighted by molar-refractivity contribution is 9.10. The van der Waals surface area contributed by atoms with Crippen LogP contribution in [0.3, 0.4) is 0 Å². The normalized spacial score (nSPS) is 12.4. The second-order valence-electron chi connectivity index (χ2n) is 5.05.